The zero-order chi connectivity index (χ0) is 20.9. The fourth-order valence-corrected chi connectivity index (χ4v) is 4.45. The van der Waals surface area contributed by atoms with Crippen molar-refractivity contribution in [3.8, 4) is 11.4 Å². The SMILES string of the molecule is Cn1c(SCc2nnc(C(=O)NCc3ccccc3)s2)nnc1-c1ccc(Cl)cc1. The fourth-order valence-electron chi connectivity index (χ4n) is 2.67. The zero-order valence-corrected chi connectivity index (χ0v) is 18.3. The largest absolute Gasteiger partial charge is 0.346 e. The number of nitrogens with zero attached hydrogens (tertiary/aromatic N) is 5. The van der Waals surface area contributed by atoms with Gasteiger partial charge in [0.1, 0.15) is 5.01 Å². The molecular weight excluding hydrogens is 440 g/mol. The lowest BCUT2D eigenvalue weighted by Gasteiger charge is -2.03. The van der Waals surface area contributed by atoms with Crippen LogP contribution in [0.2, 0.25) is 5.02 Å². The van der Waals surface area contributed by atoms with E-state index in [1.807, 2.05) is 66.2 Å². The molecule has 4 rings (SSSR count). The van der Waals surface area contributed by atoms with Gasteiger partial charge in [-0.2, -0.15) is 0 Å². The molecule has 1 amide bonds. The molecular formula is C20H17ClN6OS2. The van der Waals surface area contributed by atoms with Gasteiger partial charge in [0.25, 0.3) is 5.91 Å². The third kappa shape index (κ3) is 4.86. The maximum atomic E-state index is 12.3. The van der Waals surface area contributed by atoms with E-state index in [-0.39, 0.29) is 5.91 Å². The van der Waals surface area contributed by atoms with Crippen LogP contribution in [0.1, 0.15) is 20.4 Å². The molecule has 0 aliphatic rings. The lowest BCUT2D eigenvalue weighted by atomic mass is 10.2. The van der Waals surface area contributed by atoms with E-state index in [1.54, 1.807) is 0 Å². The average Bonchev–Trinajstić information content (AvgIpc) is 3.39. The molecule has 0 aliphatic heterocycles. The molecule has 0 spiro atoms. The number of halogens is 1. The van der Waals surface area contributed by atoms with E-state index in [0.717, 1.165) is 27.1 Å². The van der Waals surface area contributed by atoms with Crippen LogP contribution in [0.3, 0.4) is 0 Å². The van der Waals surface area contributed by atoms with Gasteiger partial charge in [0.15, 0.2) is 11.0 Å². The van der Waals surface area contributed by atoms with E-state index < -0.39 is 0 Å². The highest BCUT2D eigenvalue weighted by Gasteiger charge is 2.15. The van der Waals surface area contributed by atoms with Gasteiger partial charge in [-0.25, -0.2) is 0 Å². The maximum absolute atomic E-state index is 12.3. The van der Waals surface area contributed by atoms with Crippen LogP contribution in [0, 0.1) is 0 Å². The molecule has 2 heterocycles. The molecule has 4 aromatic rings. The molecule has 1 N–H and O–H groups in total. The van der Waals surface area contributed by atoms with Crippen molar-refractivity contribution < 1.29 is 4.79 Å². The maximum Gasteiger partial charge on any atom is 0.282 e. The summed E-state index contributed by atoms with van der Waals surface area (Å²) in [7, 11) is 1.91. The molecule has 0 fully saturated rings. The summed E-state index contributed by atoms with van der Waals surface area (Å²) in [4.78, 5) is 12.3. The first kappa shape index (κ1) is 20.5. The first-order valence-corrected chi connectivity index (χ1v) is 11.2. The zero-order valence-electron chi connectivity index (χ0n) is 15.9. The van der Waals surface area contributed by atoms with Crippen LogP contribution in [0.25, 0.3) is 11.4 Å². The number of benzene rings is 2. The summed E-state index contributed by atoms with van der Waals surface area (Å²) in [6.07, 6.45) is 0. The predicted octanol–water partition coefficient (Wildman–Crippen LogP) is 4.21. The second-order valence-corrected chi connectivity index (χ2v) is 8.77. The number of rotatable bonds is 7. The normalized spacial score (nSPS) is 10.9. The van der Waals surface area contributed by atoms with E-state index in [4.69, 9.17) is 11.6 Å². The number of thioether (sulfide) groups is 1. The highest BCUT2D eigenvalue weighted by molar-refractivity contribution is 7.98. The second-order valence-electron chi connectivity index (χ2n) is 6.33. The summed E-state index contributed by atoms with van der Waals surface area (Å²) in [5.41, 5.74) is 1.97. The van der Waals surface area contributed by atoms with Crippen LogP contribution in [-0.4, -0.2) is 30.9 Å². The van der Waals surface area contributed by atoms with E-state index >= 15 is 0 Å². The molecule has 0 unspecified atom stereocenters. The smallest absolute Gasteiger partial charge is 0.282 e. The summed E-state index contributed by atoms with van der Waals surface area (Å²) in [5.74, 6) is 1.08. The van der Waals surface area contributed by atoms with Gasteiger partial charge in [0, 0.05) is 24.2 Å². The summed E-state index contributed by atoms with van der Waals surface area (Å²) in [6.45, 7) is 0.454. The van der Waals surface area contributed by atoms with Crippen molar-refractivity contribution in [2.45, 2.75) is 17.5 Å². The Labute approximate surface area is 186 Å². The molecule has 2 aromatic heterocycles. The van der Waals surface area contributed by atoms with Gasteiger partial charge in [0.05, 0.1) is 5.75 Å². The van der Waals surface area contributed by atoms with Gasteiger partial charge < -0.3 is 9.88 Å². The Balaban J connectivity index is 1.35. The first-order valence-electron chi connectivity index (χ1n) is 9.03. The Morgan fingerprint density at radius 1 is 1.07 bits per heavy atom. The Morgan fingerprint density at radius 3 is 2.60 bits per heavy atom. The monoisotopic (exact) mass is 456 g/mol. The first-order chi connectivity index (χ1) is 14.6. The highest BCUT2D eigenvalue weighted by Crippen LogP contribution is 2.27. The van der Waals surface area contributed by atoms with Crippen molar-refractivity contribution in [1.29, 1.82) is 0 Å². The van der Waals surface area contributed by atoms with Crippen molar-refractivity contribution in [2.75, 3.05) is 0 Å². The summed E-state index contributed by atoms with van der Waals surface area (Å²) in [6, 6.07) is 17.2. The third-order valence-electron chi connectivity index (χ3n) is 4.22. The molecule has 0 atom stereocenters. The second kappa shape index (κ2) is 9.38. The van der Waals surface area contributed by atoms with Crippen LogP contribution in [0.5, 0.6) is 0 Å². The third-order valence-corrected chi connectivity index (χ3v) is 6.61. The van der Waals surface area contributed by atoms with Gasteiger partial charge in [-0.3, -0.25) is 4.79 Å². The van der Waals surface area contributed by atoms with Crippen molar-refractivity contribution in [3.05, 3.63) is 75.2 Å². The van der Waals surface area contributed by atoms with Crippen molar-refractivity contribution >= 4 is 40.6 Å². The van der Waals surface area contributed by atoms with Crippen molar-refractivity contribution in [1.82, 2.24) is 30.3 Å². The van der Waals surface area contributed by atoms with E-state index in [9.17, 15) is 4.79 Å². The van der Waals surface area contributed by atoms with Gasteiger partial charge in [-0.05, 0) is 29.8 Å². The Morgan fingerprint density at radius 2 is 1.83 bits per heavy atom. The molecule has 0 saturated heterocycles. The quantitative estimate of drug-likeness (QED) is 0.419. The Kier molecular flexibility index (Phi) is 6.41. The molecule has 10 heteroatoms. The Bertz CT molecular complexity index is 1140. The molecule has 152 valence electrons. The number of aromatic nitrogens is 5. The Hall–Kier alpha value is -2.75. The number of hydrogen-bond donors (Lipinski definition) is 1. The van der Waals surface area contributed by atoms with Crippen molar-refractivity contribution in [3.63, 3.8) is 0 Å². The molecule has 0 radical (unpaired) electrons. The molecule has 0 bridgehead atoms. The minimum atomic E-state index is -0.226. The topological polar surface area (TPSA) is 85.6 Å². The van der Waals surface area contributed by atoms with E-state index in [0.29, 0.717) is 22.3 Å². The molecule has 2 aromatic carbocycles. The van der Waals surface area contributed by atoms with Gasteiger partial charge in [-0.1, -0.05) is 65.0 Å². The molecule has 0 aliphatic carbocycles. The van der Waals surface area contributed by atoms with Crippen LogP contribution in [0.4, 0.5) is 0 Å². The number of carbonyl (C=O) groups is 1. The van der Waals surface area contributed by atoms with E-state index in [1.165, 1.54) is 23.1 Å². The van der Waals surface area contributed by atoms with Gasteiger partial charge >= 0.3 is 0 Å². The average molecular weight is 457 g/mol. The van der Waals surface area contributed by atoms with Gasteiger partial charge in [-0.15, -0.1) is 20.4 Å². The van der Waals surface area contributed by atoms with Crippen LogP contribution < -0.4 is 5.32 Å². The summed E-state index contributed by atoms with van der Waals surface area (Å²) < 4.78 is 1.92. The number of nitrogens with one attached hydrogen (secondary N) is 1. The number of hydrogen-bond acceptors (Lipinski definition) is 7. The highest BCUT2D eigenvalue weighted by atomic mass is 35.5. The van der Waals surface area contributed by atoms with Gasteiger partial charge in [0.2, 0.25) is 5.01 Å². The van der Waals surface area contributed by atoms with Crippen LogP contribution in [-0.2, 0) is 19.3 Å². The lowest BCUT2D eigenvalue weighted by molar-refractivity contribution is 0.0950. The predicted molar refractivity (Wildman–Crippen MR) is 119 cm³/mol. The molecule has 0 saturated carbocycles. The number of carbonyl (C=O) groups excluding carboxylic acids is 1. The molecule has 30 heavy (non-hydrogen) atoms. The van der Waals surface area contributed by atoms with Crippen LogP contribution in [0.15, 0.2) is 59.8 Å². The fraction of sp³-hybridized carbons (Fsp3) is 0.150. The van der Waals surface area contributed by atoms with Crippen molar-refractivity contribution in [2.24, 2.45) is 7.05 Å². The minimum Gasteiger partial charge on any atom is -0.346 e. The summed E-state index contributed by atoms with van der Waals surface area (Å²) in [5, 5.41) is 22.1. The molecule has 7 nitrogen and oxygen atoms in total. The van der Waals surface area contributed by atoms with E-state index in [2.05, 4.69) is 25.7 Å². The standard InChI is InChI=1S/C20H17ClN6OS2/c1-27-17(14-7-9-15(21)10-8-14)24-26-20(27)29-12-16-23-25-19(30-16)18(28)22-11-13-5-3-2-4-6-13/h2-10H,11-12H2,1H3,(H,22,28). The number of amides is 1. The summed E-state index contributed by atoms with van der Waals surface area (Å²) >= 11 is 8.72. The lowest BCUT2D eigenvalue weighted by Crippen LogP contribution is -2.22. The van der Waals surface area contributed by atoms with Crippen LogP contribution >= 0.6 is 34.7 Å². The minimum absolute atomic E-state index is 0.226.